The van der Waals surface area contributed by atoms with Crippen LogP contribution in [0.2, 0.25) is 0 Å². The minimum Gasteiger partial charge on any atom is -0.434 e. The van der Waals surface area contributed by atoms with Crippen molar-refractivity contribution in [2.45, 2.75) is 6.61 Å². The predicted octanol–water partition coefficient (Wildman–Crippen LogP) is 1.72. The van der Waals surface area contributed by atoms with Gasteiger partial charge in [0.2, 0.25) is 0 Å². The van der Waals surface area contributed by atoms with Gasteiger partial charge in [0.1, 0.15) is 11.6 Å². The van der Waals surface area contributed by atoms with Crippen molar-refractivity contribution in [2.24, 2.45) is 10.9 Å². The highest BCUT2D eigenvalue weighted by atomic mass is 19.3. The Balaban J connectivity index is 3.01. The summed E-state index contributed by atoms with van der Waals surface area (Å²) in [4.78, 5) is 0. The van der Waals surface area contributed by atoms with Crippen LogP contribution in [0.1, 0.15) is 5.56 Å². The first-order valence-electron chi connectivity index (χ1n) is 3.61. The van der Waals surface area contributed by atoms with E-state index in [9.17, 15) is 13.2 Å². The standard InChI is InChI=1S/C8H7F3N2O/c9-6-1-2-7(14-8(10)11)5(3-6)4-13-12/h1-4,8H,12H2. The van der Waals surface area contributed by atoms with Gasteiger partial charge in [-0.1, -0.05) is 0 Å². The lowest BCUT2D eigenvalue weighted by molar-refractivity contribution is -0.0499. The fourth-order valence-corrected chi connectivity index (χ4v) is 0.904. The smallest absolute Gasteiger partial charge is 0.387 e. The van der Waals surface area contributed by atoms with E-state index in [1.807, 2.05) is 0 Å². The largest absolute Gasteiger partial charge is 0.434 e. The fraction of sp³-hybridized carbons (Fsp3) is 0.125. The number of hydrogen-bond acceptors (Lipinski definition) is 3. The molecule has 0 aliphatic heterocycles. The summed E-state index contributed by atoms with van der Waals surface area (Å²) >= 11 is 0. The molecule has 14 heavy (non-hydrogen) atoms. The Morgan fingerprint density at radius 1 is 1.43 bits per heavy atom. The number of rotatable bonds is 3. The van der Waals surface area contributed by atoms with E-state index in [2.05, 4.69) is 9.84 Å². The van der Waals surface area contributed by atoms with Crippen LogP contribution in [0.4, 0.5) is 13.2 Å². The third-order valence-electron chi connectivity index (χ3n) is 1.40. The summed E-state index contributed by atoms with van der Waals surface area (Å²) < 4.78 is 40.5. The number of benzene rings is 1. The first kappa shape index (κ1) is 10.4. The van der Waals surface area contributed by atoms with E-state index < -0.39 is 12.4 Å². The Morgan fingerprint density at radius 2 is 2.14 bits per heavy atom. The molecule has 0 amide bonds. The van der Waals surface area contributed by atoms with Gasteiger partial charge < -0.3 is 10.6 Å². The molecule has 0 radical (unpaired) electrons. The number of ether oxygens (including phenoxy) is 1. The van der Waals surface area contributed by atoms with Crippen LogP contribution in [-0.4, -0.2) is 12.8 Å². The lowest BCUT2D eigenvalue weighted by Crippen LogP contribution is -2.04. The molecule has 0 aliphatic rings. The predicted molar refractivity (Wildman–Crippen MR) is 44.8 cm³/mol. The molecule has 76 valence electrons. The number of halogens is 3. The molecule has 6 heteroatoms. The molecule has 0 saturated heterocycles. The highest BCUT2D eigenvalue weighted by Crippen LogP contribution is 2.19. The maximum Gasteiger partial charge on any atom is 0.387 e. The molecule has 0 unspecified atom stereocenters. The second-order valence-electron chi connectivity index (χ2n) is 2.34. The van der Waals surface area contributed by atoms with Crippen molar-refractivity contribution in [2.75, 3.05) is 0 Å². The van der Waals surface area contributed by atoms with E-state index in [1.165, 1.54) is 0 Å². The van der Waals surface area contributed by atoms with E-state index in [0.29, 0.717) is 0 Å². The molecular formula is C8H7F3N2O. The first-order valence-corrected chi connectivity index (χ1v) is 3.61. The lowest BCUT2D eigenvalue weighted by atomic mass is 10.2. The van der Waals surface area contributed by atoms with Crippen LogP contribution in [0.5, 0.6) is 5.75 Å². The number of nitrogens with two attached hydrogens (primary N) is 1. The number of hydrogen-bond donors (Lipinski definition) is 1. The maximum absolute atomic E-state index is 12.7. The Hall–Kier alpha value is -1.72. The molecule has 0 spiro atoms. The zero-order valence-electron chi connectivity index (χ0n) is 6.95. The van der Waals surface area contributed by atoms with Gasteiger partial charge in [-0.15, -0.1) is 0 Å². The van der Waals surface area contributed by atoms with Gasteiger partial charge in [0.25, 0.3) is 0 Å². The van der Waals surface area contributed by atoms with Crippen molar-refractivity contribution < 1.29 is 17.9 Å². The van der Waals surface area contributed by atoms with Crippen LogP contribution in [0.25, 0.3) is 0 Å². The molecule has 1 rings (SSSR count). The van der Waals surface area contributed by atoms with Crippen molar-refractivity contribution in [3.63, 3.8) is 0 Å². The molecule has 0 fully saturated rings. The van der Waals surface area contributed by atoms with Crippen LogP contribution in [0, 0.1) is 5.82 Å². The third-order valence-corrected chi connectivity index (χ3v) is 1.40. The highest BCUT2D eigenvalue weighted by molar-refractivity contribution is 5.83. The van der Waals surface area contributed by atoms with Gasteiger partial charge >= 0.3 is 6.61 Å². The molecule has 1 aromatic rings. The summed E-state index contributed by atoms with van der Waals surface area (Å²) in [7, 11) is 0. The molecule has 2 N–H and O–H groups in total. The third kappa shape index (κ3) is 2.65. The van der Waals surface area contributed by atoms with Gasteiger partial charge in [0.05, 0.1) is 6.21 Å². The van der Waals surface area contributed by atoms with Gasteiger partial charge in [-0.2, -0.15) is 13.9 Å². The Bertz CT molecular complexity index is 341. The maximum atomic E-state index is 12.7. The second kappa shape index (κ2) is 4.50. The molecule has 0 aliphatic carbocycles. The summed E-state index contributed by atoms with van der Waals surface area (Å²) in [6.07, 6.45) is 1.03. The van der Waals surface area contributed by atoms with Crippen LogP contribution >= 0.6 is 0 Å². The SMILES string of the molecule is NN=Cc1cc(F)ccc1OC(F)F. The Kier molecular flexibility index (Phi) is 3.33. The summed E-state index contributed by atoms with van der Waals surface area (Å²) in [6.45, 7) is -2.97. The first-order chi connectivity index (χ1) is 6.63. The van der Waals surface area contributed by atoms with E-state index in [0.717, 1.165) is 24.4 Å². The average molecular weight is 204 g/mol. The quantitative estimate of drug-likeness (QED) is 0.463. The van der Waals surface area contributed by atoms with Crippen molar-refractivity contribution in [3.8, 4) is 5.75 Å². The fourth-order valence-electron chi connectivity index (χ4n) is 0.904. The van der Waals surface area contributed by atoms with Crippen molar-refractivity contribution in [3.05, 3.63) is 29.6 Å². The van der Waals surface area contributed by atoms with Gasteiger partial charge in [-0.3, -0.25) is 0 Å². The van der Waals surface area contributed by atoms with Crippen LogP contribution in [0.15, 0.2) is 23.3 Å². The summed E-state index contributed by atoms with van der Waals surface area (Å²) in [5, 5.41) is 3.10. The van der Waals surface area contributed by atoms with Crippen molar-refractivity contribution in [1.29, 1.82) is 0 Å². The van der Waals surface area contributed by atoms with Crippen molar-refractivity contribution in [1.82, 2.24) is 0 Å². The molecule has 3 nitrogen and oxygen atoms in total. The molecule has 0 bridgehead atoms. The monoisotopic (exact) mass is 204 g/mol. The van der Waals surface area contributed by atoms with Crippen LogP contribution in [-0.2, 0) is 0 Å². The van der Waals surface area contributed by atoms with E-state index in [1.54, 1.807) is 0 Å². The normalized spacial score (nSPS) is 11.1. The summed E-state index contributed by atoms with van der Waals surface area (Å²) in [5.41, 5.74) is 0.0628. The molecule has 1 aromatic carbocycles. The van der Waals surface area contributed by atoms with Crippen LogP contribution < -0.4 is 10.6 Å². The second-order valence-corrected chi connectivity index (χ2v) is 2.34. The Labute approximate surface area is 78.0 Å². The number of alkyl halides is 2. The van der Waals surface area contributed by atoms with Crippen molar-refractivity contribution >= 4 is 6.21 Å². The lowest BCUT2D eigenvalue weighted by Gasteiger charge is -2.06. The number of hydrazone groups is 1. The molecular weight excluding hydrogens is 197 g/mol. The van der Waals surface area contributed by atoms with E-state index in [4.69, 9.17) is 5.84 Å². The minimum atomic E-state index is -2.97. The number of nitrogens with zero attached hydrogens (tertiary/aromatic N) is 1. The van der Waals surface area contributed by atoms with Crippen LogP contribution in [0.3, 0.4) is 0 Å². The van der Waals surface area contributed by atoms with Gasteiger partial charge in [-0.05, 0) is 18.2 Å². The topological polar surface area (TPSA) is 47.6 Å². The zero-order chi connectivity index (χ0) is 10.6. The van der Waals surface area contributed by atoms with Gasteiger partial charge in [0, 0.05) is 5.56 Å². The molecule has 0 atom stereocenters. The molecule has 0 heterocycles. The highest BCUT2D eigenvalue weighted by Gasteiger charge is 2.08. The summed E-state index contributed by atoms with van der Waals surface area (Å²) in [6, 6.07) is 3.08. The van der Waals surface area contributed by atoms with E-state index in [-0.39, 0.29) is 11.3 Å². The van der Waals surface area contributed by atoms with Gasteiger partial charge in [-0.25, -0.2) is 4.39 Å². The molecule has 0 aromatic heterocycles. The summed E-state index contributed by atoms with van der Waals surface area (Å²) in [5.74, 6) is 4.06. The Morgan fingerprint density at radius 3 is 2.71 bits per heavy atom. The van der Waals surface area contributed by atoms with E-state index >= 15 is 0 Å². The zero-order valence-corrected chi connectivity index (χ0v) is 6.95. The average Bonchev–Trinajstić information content (AvgIpc) is 2.09. The minimum absolute atomic E-state index is 0.0628. The van der Waals surface area contributed by atoms with Gasteiger partial charge in [0.15, 0.2) is 0 Å². The molecule has 0 saturated carbocycles.